The normalized spacial score (nSPS) is 18.7. The third-order valence-corrected chi connectivity index (χ3v) is 7.89. The van der Waals surface area contributed by atoms with Crippen LogP contribution in [-0.4, -0.2) is 54.2 Å². The molecule has 0 radical (unpaired) electrons. The molecule has 1 aliphatic heterocycles. The van der Waals surface area contributed by atoms with Crippen LogP contribution in [0.4, 0.5) is 5.69 Å². The number of ether oxygens (including phenoxy) is 2. The van der Waals surface area contributed by atoms with Crippen LogP contribution in [0.25, 0.3) is 0 Å². The van der Waals surface area contributed by atoms with Crippen molar-refractivity contribution in [1.29, 1.82) is 0 Å². The first-order valence-corrected chi connectivity index (χ1v) is 14.6. The highest BCUT2D eigenvalue weighted by atomic mass is 32.2. The predicted octanol–water partition coefficient (Wildman–Crippen LogP) is 3.82. The lowest BCUT2D eigenvalue weighted by Gasteiger charge is -2.36. The highest BCUT2D eigenvalue weighted by molar-refractivity contribution is 7.99. The molecule has 2 aromatic carbocycles. The summed E-state index contributed by atoms with van der Waals surface area (Å²) in [4.78, 5) is 23.4. The number of tetrazole rings is 1. The van der Waals surface area contributed by atoms with Crippen LogP contribution in [0.1, 0.15) is 74.0 Å². The summed E-state index contributed by atoms with van der Waals surface area (Å²) in [6.45, 7) is -0.0169. The van der Waals surface area contributed by atoms with Gasteiger partial charge in [-0.25, -0.2) is 10.2 Å². The Bertz CT molecular complexity index is 1260. The van der Waals surface area contributed by atoms with E-state index in [2.05, 4.69) is 20.8 Å². The number of amides is 2. The summed E-state index contributed by atoms with van der Waals surface area (Å²) in [5, 5.41) is 33.2. The predicted molar refractivity (Wildman–Crippen MR) is 151 cm³/mol. The minimum Gasteiger partial charge on any atom is -0.392 e. The molecule has 1 fully saturated rings. The molecular formula is C28H36N6O6S. The van der Waals surface area contributed by atoms with Gasteiger partial charge < -0.3 is 19.9 Å². The number of rotatable bonds is 14. The molecule has 0 unspecified atom stereocenters. The Morgan fingerprint density at radius 1 is 0.976 bits per heavy atom. The summed E-state index contributed by atoms with van der Waals surface area (Å²) in [7, 11) is 1.80. The number of anilines is 1. The Balaban J connectivity index is 1.33. The molecule has 0 aliphatic carbocycles. The number of aliphatic hydroxyl groups excluding tert-OH is 1. The molecule has 13 heteroatoms. The summed E-state index contributed by atoms with van der Waals surface area (Å²) in [6, 6.07) is 15.2. The summed E-state index contributed by atoms with van der Waals surface area (Å²) in [5.74, 6) is 0.177. The lowest BCUT2D eigenvalue weighted by Crippen LogP contribution is -2.31. The number of aliphatic hydroxyl groups is 1. The third kappa shape index (κ3) is 9.33. The summed E-state index contributed by atoms with van der Waals surface area (Å²) < 4.78 is 14.4. The molecule has 3 aromatic rings. The van der Waals surface area contributed by atoms with Gasteiger partial charge in [0.25, 0.3) is 0 Å². The van der Waals surface area contributed by atoms with Crippen LogP contribution in [0, 0.1) is 0 Å². The van der Waals surface area contributed by atoms with E-state index in [0.29, 0.717) is 35.9 Å². The number of benzene rings is 2. The summed E-state index contributed by atoms with van der Waals surface area (Å²) in [6.07, 6.45) is 3.42. The van der Waals surface area contributed by atoms with E-state index < -0.39 is 12.2 Å². The van der Waals surface area contributed by atoms with Crippen LogP contribution < -0.4 is 10.8 Å². The van der Waals surface area contributed by atoms with Crippen molar-refractivity contribution in [2.75, 3.05) is 11.1 Å². The minimum atomic E-state index is -0.604. The number of nitrogens with one attached hydrogen (secondary N) is 2. The first-order chi connectivity index (χ1) is 19.9. The Labute approximate surface area is 242 Å². The highest BCUT2D eigenvalue weighted by Gasteiger charge is 2.32. The lowest BCUT2D eigenvalue weighted by atomic mass is 10.0. The van der Waals surface area contributed by atoms with Gasteiger partial charge in [0.1, 0.15) is 0 Å². The van der Waals surface area contributed by atoms with E-state index in [-0.39, 0.29) is 31.1 Å². The zero-order chi connectivity index (χ0) is 29.0. The van der Waals surface area contributed by atoms with Crippen molar-refractivity contribution in [2.45, 2.75) is 75.2 Å². The van der Waals surface area contributed by atoms with Crippen molar-refractivity contribution in [3.05, 3.63) is 65.2 Å². The fourth-order valence-corrected chi connectivity index (χ4v) is 5.33. The van der Waals surface area contributed by atoms with Gasteiger partial charge in [0, 0.05) is 43.3 Å². The van der Waals surface area contributed by atoms with Crippen LogP contribution in [0.3, 0.4) is 0 Å². The maximum atomic E-state index is 12.4. The van der Waals surface area contributed by atoms with Gasteiger partial charge in [0.2, 0.25) is 17.0 Å². The van der Waals surface area contributed by atoms with Gasteiger partial charge in [-0.15, -0.1) is 5.10 Å². The molecular weight excluding hydrogens is 548 g/mol. The maximum absolute atomic E-state index is 12.4. The fraction of sp³-hybridized carbons (Fsp3) is 0.464. The quantitative estimate of drug-likeness (QED) is 0.0949. The average Bonchev–Trinajstić information content (AvgIpc) is 3.42. The van der Waals surface area contributed by atoms with Crippen LogP contribution in [-0.2, 0) is 32.7 Å². The monoisotopic (exact) mass is 584 g/mol. The van der Waals surface area contributed by atoms with Crippen LogP contribution in [0.15, 0.2) is 53.7 Å². The Kier molecular flexibility index (Phi) is 11.6. The number of aromatic nitrogens is 4. The Morgan fingerprint density at radius 2 is 1.66 bits per heavy atom. The molecule has 0 spiro atoms. The maximum Gasteiger partial charge on any atom is 0.243 e. The molecule has 2 amide bonds. The van der Waals surface area contributed by atoms with Gasteiger partial charge in [0.15, 0.2) is 6.29 Å². The number of carbonyl (C=O) groups excluding carboxylic acids is 2. The first-order valence-electron chi connectivity index (χ1n) is 13.6. The SMILES string of the molecule is Cn1nnnc1SC[C@@H]1C[C@H](c2ccc(CO)cc2)O[C@H](c2ccc(NC(=O)CCCCCCC(=O)NO)cc2)O1. The number of hydrogen-bond donors (Lipinski definition) is 4. The molecule has 12 nitrogen and oxygen atoms in total. The Morgan fingerprint density at radius 3 is 2.29 bits per heavy atom. The van der Waals surface area contributed by atoms with E-state index in [0.717, 1.165) is 36.0 Å². The number of nitrogens with zero attached hydrogens (tertiary/aromatic N) is 4. The molecule has 41 heavy (non-hydrogen) atoms. The van der Waals surface area contributed by atoms with E-state index in [1.807, 2.05) is 48.5 Å². The Hall–Kier alpha value is -3.36. The number of thioether (sulfide) groups is 1. The molecule has 1 aromatic heterocycles. The van der Waals surface area contributed by atoms with Gasteiger partial charge >= 0.3 is 0 Å². The van der Waals surface area contributed by atoms with Gasteiger partial charge in [-0.3, -0.25) is 14.8 Å². The number of aryl methyl sites for hydroxylation is 1. The van der Waals surface area contributed by atoms with Crippen molar-refractivity contribution >= 4 is 29.3 Å². The second-order valence-electron chi connectivity index (χ2n) is 9.87. The van der Waals surface area contributed by atoms with Crippen molar-refractivity contribution in [2.24, 2.45) is 7.05 Å². The van der Waals surface area contributed by atoms with Gasteiger partial charge in [0.05, 0.1) is 18.8 Å². The molecule has 1 saturated heterocycles. The molecule has 0 bridgehead atoms. The van der Waals surface area contributed by atoms with Crippen molar-refractivity contribution in [3.63, 3.8) is 0 Å². The second kappa shape index (κ2) is 15.6. The number of unbranched alkanes of at least 4 members (excludes halogenated alkanes) is 3. The topological polar surface area (TPSA) is 161 Å². The van der Waals surface area contributed by atoms with E-state index in [4.69, 9.17) is 14.7 Å². The lowest BCUT2D eigenvalue weighted by molar-refractivity contribution is -0.245. The molecule has 4 N–H and O–H groups in total. The fourth-order valence-electron chi connectivity index (χ4n) is 4.46. The average molecular weight is 585 g/mol. The molecule has 220 valence electrons. The number of hydroxylamine groups is 1. The zero-order valence-electron chi connectivity index (χ0n) is 22.9. The molecule has 3 atom stereocenters. The van der Waals surface area contributed by atoms with E-state index in [1.165, 1.54) is 11.8 Å². The largest absolute Gasteiger partial charge is 0.392 e. The van der Waals surface area contributed by atoms with Crippen molar-refractivity contribution in [3.8, 4) is 0 Å². The molecule has 1 aliphatic rings. The van der Waals surface area contributed by atoms with Crippen molar-refractivity contribution in [1.82, 2.24) is 25.7 Å². The van der Waals surface area contributed by atoms with Crippen LogP contribution in [0.5, 0.6) is 0 Å². The standard InChI is InChI=1S/C28H36N6O6S/c1-34-28(30-32-33-34)41-18-23-16-24(20-10-8-19(17-35)9-11-20)40-27(39-23)21-12-14-22(15-13-21)29-25(36)6-4-2-3-5-7-26(37)31-38/h8-15,23-24,27,35,38H,2-7,16-18H2,1H3,(H,29,36)(H,31,37)/t23-,24+,27+/m0/s1. The summed E-state index contributed by atoms with van der Waals surface area (Å²) in [5.41, 5.74) is 4.98. The van der Waals surface area contributed by atoms with Crippen LogP contribution >= 0.6 is 11.8 Å². The van der Waals surface area contributed by atoms with Gasteiger partial charge in [-0.1, -0.05) is 61.0 Å². The zero-order valence-corrected chi connectivity index (χ0v) is 23.8. The first kappa shape index (κ1) is 30.6. The van der Waals surface area contributed by atoms with Gasteiger partial charge in [-0.05, 0) is 46.5 Å². The molecule has 2 heterocycles. The van der Waals surface area contributed by atoms with E-state index in [9.17, 15) is 14.7 Å². The van der Waals surface area contributed by atoms with E-state index >= 15 is 0 Å². The highest BCUT2D eigenvalue weighted by Crippen LogP contribution is 2.39. The molecule has 4 rings (SSSR count). The molecule has 0 saturated carbocycles. The second-order valence-corrected chi connectivity index (χ2v) is 10.9. The van der Waals surface area contributed by atoms with Crippen molar-refractivity contribution < 1.29 is 29.4 Å². The van der Waals surface area contributed by atoms with Crippen LogP contribution in [0.2, 0.25) is 0 Å². The number of hydrogen-bond acceptors (Lipinski definition) is 10. The third-order valence-electron chi connectivity index (χ3n) is 6.74. The van der Waals surface area contributed by atoms with Gasteiger partial charge in [-0.2, -0.15) is 0 Å². The smallest absolute Gasteiger partial charge is 0.243 e. The minimum absolute atomic E-state index is 0.0169. The van der Waals surface area contributed by atoms with E-state index in [1.54, 1.807) is 17.2 Å². The summed E-state index contributed by atoms with van der Waals surface area (Å²) >= 11 is 1.52. The number of carbonyl (C=O) groups is 2.